The second-order valence-corrected chi connectivity index (χ2v) is 4.43. The lowest BCUT2D eigenvalue weighted by Gasteiger charge is -2.23. The lowest BCUT2D eigenvalue weighted by molar-refractivity contribution is -0.384. The summed E-state index contributed by atoms with van der Waals surface area (Å²) in [6.07, 6.45) is 2.24. The van der Waals surface area contributed by atoms with Crippen LogP contribution in [0.25, 0.3) is 0 Å². The van der Waals surface area contributed by atoms with Crippen molar-refractivity contribution in [3.05, 3.63) is 33.3 Å². The van der Waals surface area contributed by atoms with E-state index in [1.807, 2.05) is 0 Å². The Kier molecular flexibility index (Phi) is 3.81. The highest BCUT2D eigenvalue weighted by Crippen LogP contribution is 2.30. The van der Waals surface area contributed by atoms with Crippen molar-refractivity contribution in [1.29, 1.82) is 0 Å². The van der Waals surface area contributed by atoms with Crippen molar-refractivity contribution in [2.45, 2.75) is 12.8 Å². The zero-order chi connectivity index (χ0) is 12.3. The molecule has 92 valence electrons. The molecule has 1 heterocycles. The van der Waals surface area contributed by atoms with Gasteiger partial charge in [-0.2, -0.15) is 0 Å². The molecule has 0 aromatic heterocycles. The molecule has 0 unspecified atom stereocenters. The van der Waals surface area contributed by atoms with E-state index in [9.17, 15) is 10.1 Å². The van der Waals surface area contributed by atoms with Gasteiger partial charge >= 0.3 is 0 Å². The van der Waals surface area contributed by atoms with Crippen molar-refractivity contribution in [3.8, 4) is 0 Å². The van der Waals surface area contributed by atoms with Crippen molar-refractivity contribution in [2.75, 3.05) is 24.7 Å². The third kappa shape index (κ3) is 2.87. The molecular formula is C11H14ClN3O2. The highest BCUT2D eigenvalue weighted by atomic mass is 35.5. The number of nitrogens with one attached hydrogen (secondary N) is 1. The molecule has 1 aromatic rings. The Bertz CT molecular complexity index is 417. The van der Waals surface area contributed by atoms with Gasteiger partial charge in [0.2, 0.25) is 0 Å². The van der Waals surface area contributed by atoms with Crippen LogP contribution in [0.4, 0.5) is 11.4 Å². The van der Waals surface area contributed by atoms with Crippen LogP contribution in [0.3, 0.4) is 0 Å². The lowest BCUT2D eigenvalue weighted by Crippen LogP contribution is -2.32. The summed E-state index contributed by atoms with van der Waals surface area (Å²) < 4.78 is 0. The Morgan fingerprint density at radius 2 is 2.24 bits per heavy atom. The van der Waals surface area contributed by atoms with E-state index in [1.54, 1.807) is 6.07 Å². The van der Waals surface area contributed by atoms with Crippen LogP contribution in [0.15, 0.2) is 18.2 Å². The molecule has 0 radical (unpaired) electrons. The molecule has 0 spiro atoms. The topological polar surface area (TPSA) is 58.4 Å². The fourth-order valence-electron chi connectivity index (χ4n) is 1.92. The fourth-order valence-corrected chi connectivity index (χ4v) is 2.21. The van der Waals surface area contributed by atoms with Crippen LogP contribution in [0.5, 0.6) is 0 Å². The molecule has 0 atom stereocenters. The number of hydrogen-bond donors (Lipinski definition) is 1. The maximum atomic E-state index is 10.6. The number of nitro benzene ring substituents is 1. The monoisotopic (exact) mass is 255 g/mol. The number of hydrogen-bond acceptors (Lipinski definition) is 4. The van der Waals surface area contributed by atoms with E-state index in [1.165, 1.54) is 12.1 Å². The van der Waals surface area contributed by atoms with Crippen LogP contribution in [0, 0.1) is 10.1 Å². The SMILES string of the molecule is O=[N+]([O-])c1ccc(N2CCCCNC2)c(Cl)c1. The first-order chi connectivity index (χ1) is 8.18. The van der Waals surface area contributed by atoms with Gasteiger partial charge in [0.05, 0.1) is 22.3 Å². The minimum Gasteiger partial charge on any atom is -0.358 e. The molecule has 1 aliphatic rings. The molecule has 6 heteroatoms. The molecular weight excluding hydrogens is 242 g/mol. The van der Waals surface area contributed by atoms with Crippen molar-refractivity contribution in [2.24, 2.45) is 0 Å². The predicted octanol–water partition coefficient (Wildman–Crippen LogP) is 2.40. The predicted molar refractivity (Wildman–Crippen MR) is 67.6 cm³/mol. The van der Waals surface area contributed by atoms with Crippen molar-refractivity contribution in [1.82, 2.24) is 5.32 Å². The zero-order valence-electron chi connectivity index (χ0n) is 9.36. The van der Waals surface area contributed by atoms with Gasteiger partial charge in [-0.3, -0.25) is 15.4 Å². The van der Waals surface area contributed by atoms with Gasteiger partial charge in [0.25, 0.3) is 5.69 Å². The maximum Gasteiger partial charge on any atom is 0.271 e. The summed E-state index contributed by atoms with van der Waals surface area (Å²) in [5.74, 6) is 0. The molecule has 1 fully saturated rings. The average Bonchev–Trinajstić information content (AvgIpc) is 2.57. The summed E-state index contributed by atoms with van der Waals surface area (Å²) in [4.78, 5) is 12.3. The molecule has 1 aromatic carbocycles. The highest BCUT2D eigenvalue weighted by molar-refractivity contribution is 6.33. The summed E-state index contributed by atoms with van der Waals surface area (Å²) in [7, 11) is 0. The van der Waals surface area contributed by atoms with E-state index in [0.717, 1.165) is 38.3 Å². The van der Waals surface area contributed by atoms with Crippen LogP contribution in [0.2, 0.25) is 5.02 Å². The van der Waals surface area contributed by atoms with Crippen LogP contribution in [0.1, 0.15) is 12.8 Å². The van der Waals surface area contributed by atoms with Gasteiger partial charge in [0, 0.05) is 18.7 Å². The van der Waals surface area contributed by atoms with Gasteiger partial charge in [0.15, 0.2) is 0 Å². The highest BCUT2D eigenvalue weighted by Gasteiger charge is 2.15. The number of anilines is 1. The standard InChI is InChI=1S/C11H14ClN3O2/c12-10-7-9(15(16)17)3-4-11(10)14-6-2-1-5-13-8-14/h3-4,7,13H,1-2,5-6,8H2. The number of non-ortho nitro benzene ring substituents is 1. The van der Waals surface area contributed by atoms with E-state index in [4.69, 9.17) is 11.6 Å². The minimum absolute atomic E-state index is 0.0292. The van der Waals surface area contributed by atoms with Gasteiger partial charge in [-0.15, -0.1) is 0 Å². The number of nitrogens with zero attached hydrogens (tertiary/aromatic N) is 2. The Hall–Kier alpha value is -1.33. The summed E-state index contributed by atoms with van der Waals surface area (Å²) >= 11 is 6.09. The normalized spacial score (nSPS) is 16.6. The third-order valence-corrected chi connectivity index (χ3v) is 3.12. The van der Waals surface area contributed by atoms with E-state index < -0.39 is 4.92 Å². The molecule has 0 aliphatic carbocycles. The van der Waals surface area contributed by atoms with E-state index in [2.05, 4.69) is 10.2 Å². The first-order valence-corrected chi connectivity index (χ1v) is 5.96. The van der Waals surface area contributed by atoms with E-state index in [-0.39, 0.29) is 5.69 Å². The second kappa shape index (κ2) is 5.33. The van der Waals surface area contributed by atoms with Gasteiger partial charge in [-0.25, -0.2) is 0 Å². The third-order valence-electron chi connectivity index (χ3n) is 2.82. The zero-order valence-corrected chi connectivity index (χ0v) is 10.1. The first-order valence-electron chi connectivity index (χ1n) is 5.58. The van der Waals surface area contributed by atoms with Crippen molar-refractivity contribution in [3.63, 3.8) is 0 Å². The van der Waals surface area contributed by atoms with Gasteiger partial charge < -0.3 is 4.90 Å². The smallest absolute Gasteiger partial charge is 0.271 e. The maximum absolute atomic E-state index is 10.6. The van der Waals surface area contributed by atoms with Gasteiger partial charge in [-0.05, 0) is 25.5 Å². The van der Waals surface area contributed by atoms with Gasteiger partial charge in [-0.1, -0.05) is 11.6 Å². The number of rotatable bonds is 2. The Morgan fingerprint density at radius 3 is 2.94 bits per heavy atom. The average molecular weight is 256 g/mol. The Balaban J connectivity index is 2.22. The molecule has 17 heavy (non-hydrogen) atoms. The number of nitro groups is 1. The molecule has 0 amide bonds. The van der Waals surface area contributed by atoms with Crippen molar-refractivity contribution >= 4 is 23.0 Å². The summed E-state index contributed by atoms with van der Waals surface area (Å²) in [5, 5.41) is 14.3. The van der Waals surface area contributed by atoms with E-state index >= 15 is 0 Å². The molecule has 0 saturated carbocycles. The molecule has 1 aliphatic heterocycles. The van der Waals surface area contributed by atoms with Crippen molar-refractivity contribution < 1.29 is 4.92 Å². The number of halogens is 1. The largest absolute Gasteiger partial charge is 0.358 e. The first kappa shape index (κ1) is 12.1. The quantitative estimate of drug-likeness (QED) is 0.651. The summed E-state index contributed by atoms with van der Waals surface area (Å²) in [6.45, 7) is 2.66. The molecule has 2 rings (SSSR count). The van der Waals surface area contributed by atoms with E-state index in [0.29, 0.717) is 5.02 Å². The molecule has 1 saturated heterocycles. The lowest BCUT2D eigenvalue weighted by atomic mass is 10.2. The molecule has 0 bridgehead atoms. The Labute approximate surface area is 105 Å². The second-order valence-electron chi connectivity index (χ2n) is 4.02. The summed E-state index contributed by atoms with van der Waals surface area (Å²) in [6, 6.07) is 4.61. The van der Waals surface area contributed by atoms with Crippen LogP contribution < -0.4 is 10.2 Å². The Morgan fingerprint density at radius 1 is 1.41 bits per heavy atom. The molecule has 5 nitrogen and oxygen atoms in total. The molecule has 1 N–H and O–H groups in total. The van der Waals surface area contributed by atoms with Crippen LogP contribution in [-0.2, 0) is 0 Å². The number of benzene rings is 1. The fraction of sp³-hybridized carbons (Fsp3) is 0.455. The summed E-state index contributed by atoms with van der Waals surface area (Å²) in [5.41, 5.74) is 0.883. The van der Waals surface area contributed by atoms with Crippen LogP contribution >= 0.6 is 11.6 Å². The van der Waals surface area contributed by atoms with Gasteiger partial charge in [0.1, 0.15) is 0 Å². The minimum atomic E-state index is -0.434. The van der Waals surface area contributed by atoms with Crippen LogP contribution in [-0.4, -0.2) is 24.7 Å².